The Balaban J connectivity index is 0.000000370. The van der Waals surface area contributed by atoms with Crippen molar-refractivity contribution in [1.82, 2.24) is 0 Å². The van der Waals surface area contributed by atoms with Crippen LogP contribution in [0.1, 0.15) is 11.1 Å². The molecular weight excluding hydrogens is 376 g/mol. The number of hydrogen-bond donors (Lipinski definition) is 0. The van der Waals surface area contributed by atoms with E-state index in [1.165, 1.54) is 0 Å². The third kappa shape index (κ3) is 9.90. The fourth-order valence-electron chi connectivity index (χ4n) is 1.70. The smallest absolute Gasteiger partial charge is 0 e. The van der Waals surface area contributed by atoms with E-state index in [-0.39, 0.29) is 34.1 Å². The van der Waals surface area contributed by atoms with Gasteiger partial charge in [0, 0.05) is 34.1 Å². The van der Waals surface area contributed by atoms with Crippen LogP contribution in [-0.2, 0) is 34.1 Å². The van der Waals surface area contributed by atoms with Crippen molar-refractivity contribution in [2.45, 2.75) is 0 Å². The standard InChI is InChI=1S/C12H8.2C5H5.2Fe/c1-2-6-11(5-1)9-10-12-7-3-4-8-12;2*1-2-4-5-3-1;;/h1-8H;2*1-5H;;/q-2;-5;-1;;. The topological polar surface area (TPSA) is 0 Å². The maximum Gasteiger partial charge on any atom is 0 e. The molecule has 0 nitrogen and oxygen atoms in total. The second kappa shape index (κ2) is 14.6. The van der Waals surface area contributed by atoms with Gasteiger partial charge in [-0.15, -0.1) is 35.4 Å². The van der Waals surface area contributed by atoms with E-state index in [0.29, 0.717) is 0 Å². The molecule has 0 saturated heterocycles. The maximum atomic E-state index is 3.08. The summed E-state index contributed by atoms with van der Waals surface area (Å²) in [6.07, 6.45) is 0. The summed E-state index contributed by atoms with van der Waals surface area (Å²) in [7, 11) is 0. The molecule has 0 spiro atoms. The van der Waals surface area contributed by atoms with Crippen molar-refractivity contribution >= 4 is 0 Å². The van der Waals surface area contributed by atoms with Crippen molar-refractivity contribution in [2.24, 2.45) is 0 Å². The summed E-state index contributed by atoms with van der Waals surface area (Å²) < 4.78 is 0. The van der Waals surface area contributed by atoms with Gasteiger partial charge >= 0.3 is 0 Å². The molecule has 4 aromatic rings. The van der Waals surface area contributed by atoms with Gasteiger partial charge in [0.15, 0.2) is 0 Å². The zero-order valence-electron chi connectivity index (χ0n) is 13.1. The first kappa shape index (κ1) is 22.0. The normalized spacial score (nSPS) is 7.83. The Labute approximate surface area is 165 Å². The molecule has 0 heterocycles. The van der Waals surface area contributed by atoms with Crippen LogP contribution in [0.2, 0.25) is 0 Å². The van der Waals surface area contributed by atoms with Crippen molar-refractivity contribution in [2.75, 3.05) is 0 Å². The van der Waals surface area contributed by atoms with Crippen LogP contribution in [0.3, 0.4) is 0 Å². The molecule has 0 atom stereocenters. The molecule has 0 aliphatic heterocycles. The number of hydrogen-bond acceptors (Lipinski definition) is 0. The van der Waals surface area contributed by atoms with E-state index >= 15 is 0 Å². The Kier molecular flexibility index (Phi) is 13.4. The van der Waals surface area contributed by atoms with E-state index in [9.17, 15) is 0 Å². The minimum Gasteiger partial charge on any atom is -0.748 e. The quantitative estimate of drug-likeness (QED) is 0.215. The second-order valence-electron chi connectivity index (χ2n) is 4.52. The average Bonchev–Trinajstić information content (AvgIpc) is 3.41. The van der Waals surface area contributed by atoms with E-state index in [1.54, 1.807) is 0 Å². The molecule has 0 fully saturated rings. The minimum absolute atomic E-state index is 0. The molecule has 0 aromatic heterocycles. The van der Waals surface area contributed by atoms with Crippen molar-refractivity contribution < 1.29 is 34.1 Å². The third-order valence-electron chi connectivity index (χ3n) is 2.79. The molecule has 0 bridgehead atoms. The first-order chi connectivity index (χ1) is 10.9. The summed E-state index contributed by atoms with van der Waals surface area (Å²) in [5.74, 6) is 6.15. The van der Waals surface area contributed by atoms with Gasteiger partial charge in [-0.1, -0.05) is 0 Å². The first-order valence-corrected chi connectivity index (χ1v) is 7.24. The van der Waals surface area contributed by atoms with Crippen LogP contribution >= 0.6 is 0 Å². The fourth-order valence-corrected chi connectivity index (χ4v) is 1.70. The van der Waals surface area contributed by atoms with Crippen LogP contribution in [0.4, 0.5) is 0 Å². The average molecular weight is 394 g/mol. The van der Waals surface area contributed by atoms with Gasteiger partial charge in [0.25, 0.3) is 0 Å². The largest absolute Gasteiger partial charge is 0.748 e. The predicted molar refractivity (Wildman–Crippen MR) is 94.1 cm³/mol. The Morgan fingerprint density at radius 1 is 0.500 bits per heavy atom. The van der Waals surface area contributed by atoms with Gasteiger partial charge in [-0.05, 0) is 0 Å². The van der Waals surface area contributed by atoms with Gasteiger partial charge in [-0.3, -0.25) is 11.8 Å². The van der Waals surface area contributed by atoms with Crippen LogP contribution in [0, 0.1) is 11.8 Å². The van der Waals surface area contributed by atoms with Crippen LogP contribution in [-0.4, -0.2) is 0 Å². The van der Waals surface area contributed by atoms with Crippen LogP contribution in [0.25, 0.3) is 0 Å². The minimum atomic E-state index is 0. The summed E-state index contributed by atoms with van der Waals surface area (Å²) in [4.78, 5) is 0. The Morgan fingerprint density at radius 3 is 1.08 bits per heavy atom. The van der Waals surface area contributed by atoms with Gasteiger partial charge in [0.2, 0.25) is 0 Å². The van der Waals surface area contributed by atoms with E-state index in [0.717, 1.165) is 11.1 Å². The SMILES string of the molecule is C(#C[c-]1cccc1)[c-]1cccc1.[Fe].[Fe].[cH-]1[cH-][cH-][cH-][cH-]1.c1cc[cH-]c1. The van der Waals surface area contributed by atoms with E-state index in [4.69, 9.17) is 0 Å². The monoisotopic (exact) mass is 394 g/mol. The van der Waals surface area contributed by atoms with Crippen LogP contribution in [0.5, 0.6) is 0 Å². The molecule has 0 aliphatic rings. The summed E-state index contributed by atoms with van der Waals surface area (Å²) in [6.45, 7) is 0. The molecule has 0 radical (unpaired) electrons. The fraction of sp³-hybridized carbons (Fsp3) is 0. The van der Waals surface area contributed by atoms with Crippen LogP contribution in [0.15, 0.2) is 109 Å². The molecule has 2 heteroatoms. The van der Waals surface area contributed by atoms with Crippen molar-refractivity contribution in [1.29, 1.82) is 0 Å². The van der Waals surface area contributed by atoms with Crippen molar-refractivity contribution in [3.05, 3.63) is 120 Å². The maximum absolute atomic E-state index is 3.08. The molecular formula is C22H18Fe2-8. The molecule has 0 saturated carbocycles. The zero-order valence-corrected chi connectivity index (χ0v) is 15.3. The van der Waals surface area contributed by atoms with E-state index < -0.39 is 0 Å². The van der Waals surface area contributed by atoms with Crippen molar-refractivity contribution in [3.8, 4) is 11.8 Å². The Hall–Kier alpha value is -2.00. The molecule has 0 unspecified atom stereocenters. The van der Waals surface area contributed by atoms with Crippen molar-refractivity contribution in [3.63, 3.8) is 0 Å². The van der Waals surface area contributed by atoms with E-state index in [1.807, 2.05) is 109 Å². The Morgan fingerprint density at radius 2 is 0.833 bits per heavy atom. The third-order valence-corrected chi connectivity index (χ3v) is 2.79. The molecule has 4 aromatic carbocycles. The molecule has 0 aliphatic carbocycles. The first-order valence-electron chi connectivity index (χ1n) is 7.24. The molecule has 0 amide bonds. The summed E-state index contributed by atoms with van der Waals surface area (Å²) in [5.41, 5.74) is 2.16. The zero-order chi connectivity index (χ0) is 15.3. The molecule has 0 N–H and O–H groups in total. The molecule has 4 rings (SSSR count). The van der Waals surface area contributed by atoms with Crippen LogP contribution < -0.4 is 0 Å². The van der Waals surface area contributed by atoms with Gasteiger partial charge in [-0.2, -0.15) is 42.5 Å². The number of rotatable bonds is 0. The summed E-state index contributed by atoms with van der Waals surface area (Å²) in [5, 5.41) is 0. The van der Waals surface area contributed by atoms with Gasteiger partial charge in [-0.25, -0.2) is 12.1 Å². The molecule has 24 heavy (non-hydrogen) atoms. The Bertz CT molecular complexity index is 618. The molecule has 130 valence electrons. The van der Waals surface area contributed by atoms with Gasteiger partial charge in [0.05, 0.1) is 0 Å². The van der Waals surface area contributed by atoms with Gasteiger partial charge < -0.3 is 30.3 Å². The van der Waals surface area contributed by atoms with E-state index in [2.05, 4.69) is 11.8 Å². The second-order valence-corrected chi connectivity index (χ2v) is 4.52. The summed E-state index contributed by atoms with van der Waals surface area (Å²) in [6, 6.07) is 36.0. The van der Waals surface area contributed by atoms with Gasteiger partial charge in [0.1, 0.15) is 0 Å². The predicted octanol–water partition coefficient (Wildman–Crippen LogP) is 5.33. The summed E-state index contributed by atoms with van der Waals surface area (Å²) >= 11 is 0.